The predicted molar refractivity (Wildman–Crippen MR) is 102 cm³/mol. The summed E-state index contributed by atoms with van der Waals surface area (Å²) < 4.78 is 22.0. The number of carbonyl (C=O) groups is 3. The molecule has 0 heterocycles. The van der Waals surface area contributed by atoms with Crippen molar-refractivity contribution in [2.24, 2.45) is 0 Å². The van der Waals surface area contributed by atoms with Crippen molar-refractivity contribution in [3.8, 4) is 0 Å². The summed E-state index contributed by atoms with van der Waals surface area (Å²) in [5.74, 6) is -3.87. The number of carboxylic acids is 2. The largest absolute Gasteiger partial charge is 0.478 e. The second-order valence-corrected chi connectivity index (χ2v) is 8.85. The molecule has 0 aliphatic rings. The Morgan fingerprint density at radius 3 is 2.04 bits per heavy atom. The van der Waals surface area contributed by atoms with Crippen LogP contribution in [0, 0.1) is 0 Å². The summed E-state index contributed by atoms with van der Waals surface area (Å²) in [5, 5.41) is 18.4. The molecule has 0 fully saturated rings. The van der Waals surface area contributed by atoms with Crippen molar-refractivity contribution in [1.82, 2.24) is 0 Å². The molecule has 0 aromatic heterocycles. The Morgan fingerprint density at radius 2 is 1.50 bits per heavy atom. The van der Waals surface area contributed by atoms with E-state index < -0.39 is 52.6 Å². The van der Waals surface area contributed by atoms with Crippen LogP contribution in [0.15, 0.2) is 18.2 Å². The van der Waals surface area contributed by atoms with Gasteiger partial charge in [0.1, 0.15) is 3.92 Å². The zero-order chi connectivity index (χ0) is 19.7. The maximum Gasteiger partial charge on any atom is 0.337 e. The summed E-state index contributed by atoms with van der Waals surface area (Å²) in [4.78, 5) is 35.3. The van der Waals surface area contributed by atoms with Crippen LogP contribution in [0.2, 0.25) is 0 Å². The van der Waals surface area contributed by atoms with Gasteiger partial charge in [-0.1, -0.05) is 57.6 Å². The fourth-order valence-electron chi connectivity index (χ4n) is 2.74. The average Bonchev–Trinajstić information content (AvgIpc) is 2.59. The standard InChI is InChI=1S/C18H23IO7/c1-2-3-4-5-6-7-11-14(19(25)26)16(20)12-9-8-10-13(17(21)22)15(12)18(23)24/h8-10,14H,2-7,11H2,1H3,(H,21,22)(H,23,24). The number of hydrogen-bond acceptors (Lipinski definition) is 5. The van der Waals surface area contributed by atoms with E-state index in [2.05, 4.69) is 6.92 Å². The molecule has 1 aromatic rings. The van der Waals surface area contributed by atoms with Gasteiger partial charge in [-0.15, -0.1) is 0 Å². The molecule has 0 saturated heterocycles. The van der Waals surface area contributed by atoms with Crippen LogP contribution in [0.3, 0.4) is 0 Å². The predicted octanol–water partition coefficient (Wildman–Crippen LogP) is 4.58. The fourth-order valence-corrected chi connectivity index (χ4v) is 4.49. The molecule has 0 aliphatic heterocycles. The third kappa shape index (κ3) is 6.15. The van der Waals surface area contributed by atoms with Crippen LogP contribution in [-0.2, 0) is 6.14 Å². The molecule has 0 saturated carbocycles. The van der Waals surface area contributed by atoms with E-state index in [1.807, 2.05) is 0 Å². The highest BCUT2D eigenvalue weighted by Crippen LogP contribution is 2.28. The van der Waals surface area contributed by atoms with Crippen molar-refractivity contribution in [3.05, 3.63) is 34.9 Å². The minimum atomic E-state index is -4.04. The smallest absolute Gasteiger partial charge is 0.337 e. The molecule has 1 atom stereocenters. The Labute approximate surface area is 158 Å². The first-order chi connectivity index (χ1) is 12.3. The molecule has 26 heavy (non-hydrogen) atoms. The second-order valence-electron chi connectivity index (χ2n) is 5.97. The van der Waals surface area contributed by atoms with Gasteiger partial charge in [0.25, 0.3) is 0 Å². The molecule has 8 heteroatoms. The molecule has 1 rings (SSSR count). The lowest BCUT2D eigenvalue weighted by atomic mass is 9.95. The van der Waals surface area contributed by atoms with Crippen LogP contribution in [0.1, 0.15) is 82.9 Å². The molecule has 2 N–H and O–H groups in total. The highest BCUT2D eigenvalue weighted by atomic mass is 127. The summed E-state index contributed by atoms with van der Waals surface area (Å²) in [6, 6.07) is 3.50. The monoisotopic (exact) mass is 478 g/mol. The van der Waals surface area contributed by atoms with Crippen molar-refractivity contribution in [2.75, 3.05) is 0 Å². The van der Waals surface area contributed by atoms with Gasteiger partial charge >= 0.3 is 31.7 Å². The van der Waals surface area contributed by atoms with Crippen LogP contribution in [0.25, 0.3) is 0 Å². The Balaban J connectivity index is 3.01. The van der Waals surface area contributed by atoms with Gasteiger partial charge in [-0.2, -0.15) is 0 Å². The summed E-state index contributed by atoms with van der Waals surface area (Å²) in [7, 11) is 0. The van der Waals surface area contributed by atoms with Crippen molar-refractivity contribution in [3.63, 3.8) is 0 Å². The van der Waals surface area contributed by atoms with Gasteiger partial charge in [0, 0.05) is 5.56 Å². The summed E-state index contributed by atoms with van der Waals surface area (Å²) in [6.45, 7) is 2.09. The minimum absolute atomic E-state index is 0.138. The third-order valence-corrected chi connectivity index (χ3v) is 6.50. The maximum atomic E-state index is 12.6. The van der Waals surface area contributed by atoms with Crippen molar-refractivity contribution in [2.45, 2.75) is 55.8 Å². The van der Waals surface area contributed by atoms with Gasteiger partial charge in [0.05, 0.1) is 11.1 Å². The molecular formula is C18H23IO7. The molecule has 1 aromatic carbocycles. The molecular weight excluding hydrogens is 455 g/mol. The SMILES string of the molecule is CCCCCCCCC(C(=O)c1cccc(C(=O)O)c1C(=O)O)I(=O)=O. The molecule has 144 valence electrons. The van der Waals surface area contributed by atoms with Gasteiger partial charge in [-0.05, 0) is 12.5 Å². The first kappa shape index (κ1) is 22.2. The molecule has 1 unspecified atom stereocenters. The van der Waals surface area contributed by atoms with E-state index in [-0.39, 0.29) is 12.0 Å². The summed E-state index contributed by atoms with van der Waals surface area (Å²) >= 11 is -4.04. The van der Waals surface area contributed by atoms with Crippen LogP contribution < -0.4 is 0 Å². The number of rotatable bonds is 12. The topological polar surface area (TPSA) is 126 Å². The van der Waals surface area contributed by atoms with Crippen LogP contribution >= 0.6 is 19.8 Å². The number of halogens is 1. The van der Waals surface area contributed by atoms with Gasteiger partial charge in [-0.3, -0.25) is 4.79 Å². The molecule has 0 radical (unpaired) electrons. The number of ketones is 1. The first-order valence-corrected chi connectivity index (χ1v) is 11.5. The quantitative estimate of drug-likeness (QED) is 0.195. The van der Waals surface area contributed by atoms with Crippen LogP contribution in [0.4, 0.5) is 0 Å². The zero-order valence-electron chi connectivity index (χ0n) is 14.6. The van der Waals surface area contributed by atoms with E-state index in [0.717, 1.165) is 38.2 Å². The van der Waals surface area contributed by atoms with Crippen molar-refractivity contribution >= 4 is 37.5 Å². The highest BCUT2D eigenvalue weighted by molar-refractivity contribution is 14.2. The second kappa shape index (κ2) is 11.0. The van der Waals surface area contributed by atoms with Gasteiger partial charge in [0.15, 0.2) is 5.78 Å². The van der Waals surface area contributed by atoms with Crippen molar-refractivity contribution < 1.29 is 30.7 Å². The number of benzene rings is 1. The minimum Gasteiger partial charge on any atom is -0.478 e. The Morgan fingerprint density at radius 1 is 0.923 bits per heavy atom. The van der Waals surface area contributed by atoms with E-state index in [1.165, 1.54) is 12.1 Å². The van der Waals surface area contributed by atoms with Gasteiger partial charge < -0.3 is 10.2 Å². The Hall–Kier alpha value is -1.84. The zero-order valence-corrected chi connectivity index (χ0v) is 16.7. The maximum absolute atomic E-state index is 12.6. The van der Waals surface area contributed by atoms with E-state index in [9.17, 15) is 25.6 Å². The highest BCUT2D eigenvalue weighted by Gasteiger charge is 2.30. The molecule has 0 aliphatic carbocycles. The summed E-state index contributed by atoms with van der Waals surface area (Å²) in [5.41, 5.74) is -1.54. The first-order valence-electron chi connectivity index (χ1n) is 8.48. The molecule has 0 bridgehead atoms. The van der Waals surface area contributed by atoms with Crippen LogP contribution in [-0.4, -0.2) is 31.9 Å². The van der Waals surface area contributed by atoms with Gasteiger partial charge in [-0.25, -0.2) is 15.7 Å². The Kier molecular flexibility index (Phi) is 9.39. The average molecular weight is 478 g/mol. The molecule has 0 amide bonds. The number of aromatic carboxylic acids is 2. The lowest BCUT2D eigenvalue weighted by molar-refractivity contribution is 0.0649. The third-order valence-electron chi connectivity index (χ3n) is 4.08. The number of carbonyl (C=O) groups excluding carboxylic acids is 1. The lowest BCUT2D eigenvalue weighted by Gasteiger charge is -2.12. The van der Waals surface area contributed by atoms with E-state index in [0.29, 0.717) is 6.42 Å². The number of carboxylic acid groups (broad SMARTS) is 2. The van der Waals surface area contributed by atoms with Gasteiger partial charge in [0.2, 0.25) is 0 Å². The molecule has 0 spiro atoms. The summed E-state index contributed by atoms with van der Waals surface area (Å²) in [6.07, 6.45) is 5.70. The van der Waals surface area contributed by atoms with Crippen LogP contribution in [0.5, 0.6) is 0 Å². The fraction of sp³-hybridized carbons (Fsp3) is 0.500. The number of unbranched alkanes of at least 4 members (excludes halogenated alkanes) is 5. The van der Waals surface area contributed by atoms with E-state index >= 15 is 0 Å². The Bertz CT molecular complexity index is 729. The number of alkyl halides is 1. The normalized spacial score (nSPS) is 12.1. The number of hydrogen-bond donors (Lipinski definition) is 2. The molecule has 7 nitrogen and oxygen atoms in total. The lowest BCUT2D eigenvalue weighted by Crippen LogP contribution is -2.21. The van der Waals surface area contributed by atoms with E-state index in [4.69, 9.17) is 5.11 Å². The number of Topliss-reactive ketones (excluding diaryl/α,β-unsaturated/α-hetero) is 1. The van der Waals surface area contributed by atoms with Crippen molar-refractivity contribution in [1.29, 1.82) is 0 Å². The van der Waals surface area contributed by atoms with E-state index in [1.54, 1.807) is 0 Å².